The zero-order chi connectivity index (χ0) is 19.8. The van der Waals surface area contributed by atoms with Crippen LogP contribution < -0.4 is 15.0 Å². The van der Waals surface area contributed by atoms with Crippen molar-refractivity contribution in [1.29, 1.82) is 0 Å². The van der Waals surface area contributed by atoms with Crippen molar-refractivity contribution in [2.24, 2.45) is 0 Å². The molecule has 1 heterocycles. The number of hydrogen-bond donors (Lipinski definition) is 0. The number of amides is 1. The molecule has 1 amide bonds. The van der Waals surface area contributed by atoms with Gasteiger partial charge < -0.3 is 14.4 Å². The molecule has 2 aromatic rings. The number of likely N-dealkylation sites (N-methyl/N-ethyl adjacent to an activating group) is 1. The average molecular weight is 370 g/mol. The highest BCUT2D eigenvalue weighted by atomic mass is 16.5. The second-order valence-corrected chi connectivity index (χ2v) is 6.13. The summed E-state index contributed by atoms with van der Waals surface area (Å²) in [5.74, 6) is 0.934. The van der Waals surface area contributed by atoms with Crippen molar-refractivity contribution < 1.29 is 14.3 Å². The van der Waals surface area contributed by atoms with Gasteiger partial charge in [-0.05, 0) is 36.3 Å². The molecule has 2 rings (SSSR count). The lowest BCUT2D eigenvalue weighted by molar-refractivity contribution is -0.124. The molecule has 144 valence electrons. The minimum absolute atomic E-state index is 0.216. The SMILES string of the molecule is CCCCN(C)C(=O)C(=Cc1ccc(OC)c(OC)c1)n1ccccc1=O. The Hall–Kier alpha value is -3.02. The molecule has 1 aromatic carbocycles. The molecule has 1 aromatic heterocycles. The third-order valence-corrected chi connectivity index (χ3v) is 4.21. The lowest BCUT2D eigenvalue weighted by atomic mass is 10.1. The molecule has 6 nitrogen and oxygen atoms in total. The molecule has 6 heteroatoms. The van der Waals surface area contributed by atoms with Crippen LogP contribution in [0.2, 0.25) is 0 Å². The third-order valence-electron chi connectivity index (χ3n) is 4.21. The van der Waals surface area contributed by atoms with Gasteiger partial charge in [-0.2, -0.15) is 0 Å². The normalized spacial score (nSPS) is 11.2. The van der Waals surface area contributed by atoms with Crippen LogP contribution in [0.25, 0.3) is 11.8 Å². The van der Waals surface area contributed by atoms with E-state index in [9.17, 15) is 9.59 Å². The Morgan fingerprint density at radius 3 is 2.52 bits per heavy atom. The second-order valence-electron chi connectivity index (χ2n) is 6.13. The lowest BCUT2D eigenvalue weighted by Gasteiger charge is -2.20. The van der Waals surface area contributed by atoms with Gasteiger partial charge in [-0.25, -0.2) is 0 Å². The van der Waals surface area contributed by atoms with Crippen LogP contribution in [0, 0.1) is 0 Å². The predicted octanol–water partition coefficient (Wildman–Crippen LogP) is 3.12. The minimum atomic E-state index is -0.263. The van der Waals surface area contributed by atoms with E-state index in [1.54, 1.807) is 62.7 Å². The van der Waals surface area contributed by atoms with Crippen molar-refractivity contribution in [2.75, 3.05) is 27.8 Å². The summed E-state index contributed by atoms with van der Waals surface area (Å²) in [6, 6.07) is 10.2. The zero-order valence-electron chi connectivity index (χ0n) is 16.3. The van der Waals surface area contributed by atoms with Crippen molar-refractivity contribution >= 4 is 17.7 Å². The Morgan fingerprint density at radius 2 is 1.89 bits per heavy atom. The molecule has 0 bridgehead atoms. The monoisotopic (exact) mass is 370 g/mol. The van der Waals surface area contributed by atoms with Crippen molar-refractivity contribution in [3.63, 3.8) is 0 Å². The minimum Gasteiger partial charge on any atom is -0.493 e. The van der Waals surface area contributed by atoms with Crippen molar-refractivity contribution in [2.45, 2.75) is 19.8 Å². The second kappa shape index (κ2) is 9.62. The molecule has 0 atom stereocenters. The van der Waals surface area contributed by atoms with E-state index < -0.39 is 0 Å². The van der Waals surface area contributed by atoms with Gasteiger partial charge in [0.25, 0.3) is 11.5 Å². The number of nitrogens with zero attached hydrogens (tertiary/aromatic N) is 2. The van der Waals surface area contributed by atoms with Crippen LogP contribution in [-0.2, 0) is 4.79 Å². The summed E-state index contributed by atoms with van der Waals surface area (Å²) in [5.41, 5.74) is 0.753. The van der Waals surface area contributed by atoms with Crippen LogP contribution in [0.3, 0.4) is 0 Å². The number of benzene rings is 1. The van der Waals surface area contributed by atoms with Gasteiger partial charge in [-0.15, -0.1) is 0 Å². The maximum absolute atomic E-state index is 13.0. The topological polar surface area (TPSA) is 60.8 Å². The zero-order valence-corrected chi connectivity index (χ0v) is 16.3. The fraction of sp³-hybridized carbons (Fsp3) is 0.333. The first-order valence-electron chi connectivity index (χ1n) is 8.89. The van der Waals surface area contributed by atoms with Gasteiger partial charge in [0, 0.05) is 25.9 Å². The van der Waals surface area contributed by atoms with Crippen LogP contribution in [0.4, 0.5) is 0 Å². The van der Waals surface area contributed by atoms with Gasteiger partial charge in [0.15, 0.2) is 11.5 Å². The molecule has 0 aliphatic carbocycles. The number of aromatic nitrogens is 1. The number of pyridine rings is 1. The van der Waals surface area contributed by atoms with E-state index in [1.807, 2.05) is 6.07 Å². The fourth-order valence-corrected chi connectivity index (χ4v) is 2.65. The van der Waals surface area contributed by atoms with Crippen molar-refractivity contribution in [3.05, 3.63) is 58.5 Å². The first-order chi connectivity index (χ1) is 13.0. The lowest BCUT2D eigenvalue weighted by Crippen LogP contribution is -2.33. The number of carbonyl (C=O) groups excluding carboxylic acids is 1. The summed E-state index contributed by atoms with van der Waals surface area (Å²) in [6.07, 6.45) is 5.17. The van der Waals surface area contributed by atoms with E-state index in [0.717, 1.165) is 18.4 Å². The number of ether oxygens (including phenoxy) is 2. The Balaban J connectivity index is 2.52. The standard InChI is InChI=1S/C21H26N2O4/c1-5-6-12-22(2)21(25)17(23-13-8-7-9-20(23)24)14-16-10-11-18(26-3)19(15-16)27-4/h7-11,13-15H,5-6,12H2,1-4H3. The Bertz CT molecular complexity index is 870. The van der Waals surface area contributed by atoms with Crippen LogP contribution in [0.15, 0.2) is 47.4 Å². The average Bonchev–Trinajstić information content (AvgIpc) is 2.70. The van der Waals surface area contributed by atoms with Gasteiger partial charge in [0.2, 0.25) is 0 Å². The highest BCUT2D eigenvalue weighted by molar-refractivity contribution is 6.18. The maximum atomic E-state index is 13.0. The molecule has 0 fully saturated rings. The first kappa shape index (κ1) is 20.3. The first-order valence-corrected chi connectivity index (χ1v) is 8.89. The molecule has 0 saturated heterocycles. The Morgan fingerprint density at radius 1 is 1.15 bits per heavy atom. The third kappa shape index (κ3) is 5.00. The highest BCUT2D eigenvalue weighted by Crippen LogP contribution is 2.28. The molecule has 0 aliphatic rings. The summed E-state index contributed by atoms with van der Waals surface area (Å²) in [5, 5.41) is 0. The van der Waals surface area contributed by atoms with Gasteiger partial charge in [0.1, 0.15) is 5.70 Å². The van der Waals surface area contributed by atoms with Crippen LogP contribution in [-0.4, -0.2) is 43.2 Å². The number of hydrogen-bond acceptors (Lipinski definition) is 4. The van der Waals surface area contributed by atoms with Gasteiger partial charge in [-0.1, -0.05) is 25.5 Å². The molecule has 0 radical (unpaired) electrons. The number of methoxy groups -OCH3 is 2. The molecular formula is C21H26N2O4. The largest absolute Gasteiger partial charge is 0.493 e. The van der Waals surface area contributed by atoms with Gasteiger partial charge in [-0.3, -0.25) is 14.2 Å². The molecule has 0 aliphatic heterocycles. The summed E-state index contributed by atoms with van der Waals surface area (Å²) in [7, 11) is 4.86. The van der Waals surface area contributed by atoms with E-state index in [1.165, 1.54) is 10.6 Å². The fourth-order valence-electron chi connectivity index (χ4n) is 2.65. The Labute approximate surface area is 159 Å². The molecule has 0 spiro atoms. The summed E-state index contributed by atoms with van der Waals surface area (Å²) >= 11 is 0. The highest BCUT2D eigenvalue weighted by Gasteiger charge is 2.18. The molecule has 0 saturated carbocycles. The number of carbonyl (C=O) groups is 1. The van der Waals surface area contributed by atoms with Crippen LogP contribution in [0.1, 0.15) is 25.3 Å². The number of rotatable bonds is 8. The van der Waals surface area contributed by atoms with E-state index in [4.69, 9.17) is 9.47 Å². The molecule has 0 unspecified atom stereocenters. The van der Waals surface area contributed by atoms with E-state index in [0.29, 0.717) is 18.0 Å². The quantitative estimate of drug-likeness (QED) is 0.670. The Kier molecular flexibility index (Phi) is 7.23. The van der Waals surface area contributed by atoms with E-state index in [-0.39, 0.29) is 17.2 Å². The van der Waals surface area contributed by atoms with Crippen LogP contribution >= 0.6 is 0 Å². The van der Waals surface area contributed by atoms with Gasteiger partial charge in [0.05, 0.1) is 14.2 Å². The number of unbranched alkanes of at least 4 members (excludes halogenated alkanes) is 1. The van der Waals surface area contributed by atoms with Crippen molar-refractivity contribution in [1.82, 2.24) is 9.47 Å². The van der Waals surface area contributed by atoms with Crippen LogP contribution in [0.5, 0.6) is 11.5 Å². The summed E-state index contributed by atoms with van der Waals surface area (Å²) < 4.78 is 11.9. The summed E-state index contributed by atoms with van der Waals surface area (Å²) in [4.78, 5) is 27.0. The molecule has 27 heavy (non-hydrogen) atoms. The molecule has 0 N–H and O–H groups in total. The smallest absolute Gasteiger partial charge is 0.270 e. The van der Waals surface area contributed by atoms with Crippen molar-refractivity contribution in [3.8, 4) is 11.5 Å². The maximum Gasteiger partial charge on any atom is 0.270 e. The van der Waals surface area contributed by atoms with E-state index in [2.05, 4.69) is 6.92 Å². The summed E-state index contributed by atoms with van der Waals surface area (Å²) in [6.45, 7) is 2.70. The van der Waals surface area contributed by atoms with E-state index >= 15 is 0 Å². The predicted molar refractivity (Wildman–Crippen MR) is 107 cm³/mol. The van der Waals surface area contributed by atoms with Gasteiger partial charge >= 0.3 is 0 Å². The molecular weight excluding hydrogens is 344 g/mol.